The Bertz CT molecular complexity index is 501. The molecule has 2 heterocycles. The predicted octanol–water partition coefficient (Wildman–Crippen LogP) is 2.87. The lowest BCUT2D eigenvalue weighted by molar-refractivity contribution is 0.889. The molecule has 0 fully saturated rings. The van der Waals surface area contributed by atoms with E-state index in [0.29, 0.717) is 5.13 Å². The number of hydrogen-bond donors (Lipinski definition) is 1. The van der Waals surface area contributed by atoms with Crippen molar-refractivity contribution in [3.8, 4) is 10.6 Å². The molecule has 4 nitrogen and oxygen atoms in total. The molecule has 2 aromatic rings. The lowest BCUT2D eigenvalue weighted by Crippen LogP contribution is -2.07. The smallest absolute Gasteiger partial charge is 0.185 e. The molecule has 0 atom stereocenters. The Hall–Kier alpha value is -1.14. The van der Waals surface area contributed by atoms with E-state index >= 15 is 0 Å². The minimum absolute atomic E-state index is 0.613. The zero-order valence-electron chi connectivity index (χ0n) is 10.2. The molecule has 0 aromatic carbocycles. The van der Waals surface area contributed by atoms with Gasteiger partial charge >= 0.3 is 0 Å². The summed E-state index contributed by atoms with van der Waals surface area (Å²) >= 11 is 3.15. The number of anilines is 2. The molecule has 0 aliphatic carbocycles. The zero-order chi connectivity index (χ0) is 12.4. The molecular formula is C11H16N4S2. The Labute approximate surface area is 109 Å². The van der Waals surface area contributed by atoms with E-state index in [4.69, 9.17) is 5.73 Å². The maximum absolute atomic E-state index is 5.69. The van der Waals surface area contributed by atoms with E-state index in [2.05, 4.69) is 16.9 Å². The lowest BCUT2D eigenvalue weighted by atomic mass is 10.2. The van der Waals surface area contributed by atoms with Gasteiger partial charge in [-0.15, -0.1) is 11.3 Å². The Balaban J connectivity index is 2.43. The summed E-state index contributed by atoms with van der Waals surface area (Å²) in [4.78, 5) is 12.2. The zero-order valence-corrected chi connectivity index (χ0v) is 11.9. The first-order valence-electron chi connectivity index (χ1n) is 5.50. The second kappa shape index (κ2) is 5.01. The third-order valence-corrected chi connectivity index (χ3v) is 4.27. The average molecular weight is 268 g/mol. The van der Waals surface area contributed by atoms with Crippen molar-refractivity contribution in [2.45, 2.75) is 19.8 Å². The molecular weight excluding hydrogens is 252 g/mol. The van der Waals surface area contributed by atoms with Gasteiger partial charge in [0.05, 0.1) is 16.3 Å². The molecule has 0 unspecified atom stereocenters. The van der Waals surface area contributed by atoms with E-state index in [-0.39, 0.29) is 0 Å². The van der Waals surface area contributed by atoms with E-state index in [1.54, 1.807) is 11.3 Å². The highest BCUT2D eigenvalue weighted by Gasteiger charge is 2.15. The maximum atomic E-state index is 5.69. The summed E-state index contributed by atoms with van der Waals surface area (Å²) in [5.74, 6) is 0. The Morgan fingerprint density at radius 1 is 1.35 bits per heavy atom. The molecule has 92 valence electrons. The maximum Gasteiger partial charge on any atom is 0.185 e. The van der Waals surface area contributed by atoms with Crippen LogP contribution in [0.15, 0.2) is 5.38 Å². The van der Waals surface area contributed by atoms with Gasteiger partial charge in [-0.3, -0.25) is 0 Å². The summed E-state index contributed by atoms with van der Waals surface area (Å²) in [5.41, 5.74) is 7.78. The quantitative estimate of drug-likeness (QED) is 0.926. The second-order valence-electron chi connectivity index (χ2n) is 3.99. The van der Waals surface area contributed by atoms with Gasteiger partial charge in [0.1, 0.15) is 0 Å². The number of nitrogens with zero attached hydrogens (tertiary/aromatic N) is 3. The first kappa shape index (κ1) is 12.3. The van der Waals surface area contributed by atoms with Gasteiger partial charge in [0.25, 0.3) is 0 Å². The standard InChI is InChI=1S/C11H16N4S2/c1-4-5-7-9(8-6-16-10(12)13-8)17-11(14-7)15(2)3/h6H,4-5H2,1-3H3,(H2,12,13). The average Bonchev–Trinajstić information content (AvgIpc) is 2.85. The first-order chi connectivity index (χ1) is 8.11. The van der Waals surface area contributed by atoms with E-state index in [0.717, 1.165) is 34.2 Å². The fourth-order valence-electron chi connectivity index (χ4n) is 1.53. The molecule has 0 saturated carbocycles. The van der Waals surface area contributed by atoms with E-state index < -0.39 is 0 Å². The summed E-state index contributed by atoms with van der Waals surface area (Å²) in [5, 5.41) is 3.64. The monoisotopic (exact) mass is 268 g/mol. The summed E-state index contributed by atoms with van der Waals surface area (Å²) in [6, 6.07) is 0. The van der Waals surface area contributed by atoms with Crippen molar-refractivity contribution in [1.29, 1.82) is 0 Å². The number of hydrogen-bond acceptors (Lipinski definition) is 6. The van der Waals surface area contributed by atoms with E-state index in [1.165, 1.54) is 11.3 Å². The van der Waals surface area contributed by atoms with Gasteiger partial charge < -0.3 is 10.6 Å². The van der Waals surface area contributed by atoms with Gasteiger partial charge in [-0.1, -0.05) is 24.7 Å². The molecule has 0 spiro atoms. The predicted molar refractivity (Wildman–Crippen MR) is 76.0 cm³/mol. The summed E-state index contributed by atoms with van der Waals surface area (Å²) in [6.45, 7) is 2.16. The molecule has 0 aliphatic rings. The van der Waals surface area contributed by atoms with Gasteiger partial charge in [0.2, 0.25) is 0 Å². The molecule has 0 radical (unpaired) electrons. The molecule has 2 aromatic heterocycles. The van der Waals surface area contributed by atoms with Crippen molar-refractivity contribution >= 4 is 32.9 Å². The third kappa shape index (κ3) is 2.58. The molecule has 2 rings (SSSR count). The Kier molecular flexibility index (Phi) is 3.63. The van der Waals surface area contributed by atoms with Crippen molar-refractivity contribution in [3.05, 3.63) is 11.1 Å². The van der Waals surface area contributed by atoms with Crippen LogP contribution in [0.4, 0.5) is 10.3 Å². The second-order valence-corrected chi connectivity index (χ2v) is 5.85. The first-order valence-corrected chi connectivity index (χ1v) is 7.19. The van der Waals surface area contributed by atoms with Crippen LogP contribution in [0.5, 0.6) is 0 Å². The largest absolute Gasteiger partial charge is 0.375 e. The number of aromatic nitrogens is 2. The Morgan fingerprint density at radius 2 is 2.12 bits per heavy atom. The van der Waals surface area contributed by atoms with Crippen LogP contribution < -0.4 is 10.6 Å². The Morgan fingerprint density at radius 3 is 2.65 bits per heavy atom. The van der Waals surface area contributed by atoms with Crippen LogP contribution in [-0.2, 0) is 6.42 Å². The van der Waals surface area contributed by atoms with Crippen molar-refractivity contribution in [2.75, 3.05) is 24.7 Å². The van der Waals surface area contributed by atoms with Crippen molar-refractivity contribution in [2.24, 2.45) is 0 Å². The highest BCUT2D eigenvalue weighted by molar-refractivity contribution is 7.19. The number of aryl methyl sites for hydroxylation is 1. The molecule has 0 bridgehead atoms. The van der Waals surface area contributed by atoms with E-state index in [9.17, 15) is 0 Å². The number of nitrogen functional groups attached to an aromatic ring is 1. The molecule has 6 heteroatoms. The fraction of sp³-hybridized carbons (Fsp3) is 0.455. The third-order valence-electron chi connectivity index (χ3n) is 2.31. The number of rotatable bonds is 4. The SMILES string of the molecule is CCCc1nc(N(C)C)sc1-c1csc(N)n1. The van der Waals surface area contributed by atoms with Crippen LogP contribution in [0.25, 0.3) is 10.6 Å². The van der Waals surface area contributed by atoms with Crippen LogP contribution >= 0.6 is 22.7 Å². The van der Waals surface area contributed by atoms with Crippen LogP contribution in [0, 0.1) is 0 Å². The molecule has 2 N–H and O–H groups in total. The van der Waals surface area contributed by atoms with Gasteiger partial charge in [-0.25, -0.2) is 9.97 Å². The van der Waals surface area contributed by atoms with Gasteiger partial charge in [0.15, 0.2) is 10.3 Å². The van der Waals surface area contributed by atoms with Gasteiger partial charge in [0, 0.05) is 19.5 Å². The summed E-state index contributed by atoms with van der Waals surface area (Å²) < 4.78 is 0. The minimum atomic E-state index is 0.613. The topological polar surface area (TPSA) is 55.0 Å². The van der Waals surface area contributed by atoms with Crippen LogP contribution in [0.3, 0.4) is 0 Å². The molecule has 0 amide bonds. The van der Waals surface area contributed by atoms with Gasteiger partial charge in [-0.2, -0.15) is 0 Å². The lowest BCUT2D eigenvalue weighted by Gasteiger charge is -2.05. The van der Waals surface area contributed by atoms with Crippen molar-refractivity contribution in [3.63, 3.8) is 0 Å². The van der Waals surface area contributed by atoms with E-state index in [1.807, 2.05) is 24.4 Å². The van der Waals surface area contributed by atoms with Crippen LogP contribution in [0.2, 0.25) is 0 Å². The summed E-state index contributed by atoms with van der Waals surface area (Å²) in [7, 11) is 4.02. The molecule has 0 aliphatic heterocycles. The fourth-order valence-corrected chi connectivity index (χ4v) is 3.15. The highest BCUT2D eigenvalue weighted by atomic mass is 32.1. The number of thiazole rings is 2. The molecule has 17 heavy (non-hydrogen) atoms. The highest BCUT2D eigenvalue weighted by Crippen LogP contribution is 2.35. The summed E-state index contributed by atoms with van der Waals surface area (Å²) in [6.07, 6.45) is 2.07. The normalized spacial score (nSPS) is 10.8. The minimum Gasteiger partial charge on any atom is -0.375 e. The van der Waals surface area contributed by atoms with Crippen LogP contribution in [-0.4, -0.2) is 24.1 Å². The van der Waals surface area contributed by atoms with Crippen molar-refractivity contribution < 1.29 is 0 Å². The molecule has 0 saturated heterocycles. The van der Waals surface area contributed by atoms with Gasteiger partial charge in [-0.05, 0) is 6.42 Å². The number of nitrogens with two attached hydrogens (primary N) is 1. The van der Waals surface area contributed by atoms with Crippen LogP contribution in [0.1, 0.15) is 19.0 Å². The van der Waals surface area contributed by atoms with Crippen molar-refractivity contribution in [1.82, 2.24) is 9.97 Å².